The van der Waals surface area contributed by atoms with Gasteiger partial charge >= 0.3 is 0 Å². The summed E-state index contributed by atoms with van der Waals surface area (Å²) in [7, 11) is 0. The maximum Gasteiger partial charge on any atom is 0.245 e. The molecule has 822 valence electrons. The van der Waals surface area contributed by atoms with Gasteiger partial charge in [-0.15, -0.1) is 0 Å². The number of unbranched alkanes of at least 4 members (excludes halogenated alkanes) is 12. The van der Waals surface area contributed by atoms with Gasteiger partial charge in [0.15, 0.2) is 58.5 Å². The molecule has 30 N–H and O–H groups in total. The highest BCUT2D eigenvalue weighted by Gasteiger charge is 2.43. The van der Waals surface area contributed by atoms with Crippen molar-refractivity contribution in [1.82, 2.24) is 52.8 Å². The van der Waals surface area contributed by atoms with Crippen molar-refractivity contribution in [3.63, 3.8) is 0 Å². The molecule has 1 fully saturated rings. The number of aliphatic imine (C=N–C) groups is 4. The summed E-state index contributed by atoms with van der Waals surface area (Å²) in [6, 6.07) is -9.34. The number of aliphatic hydroxyl groups excluding tert-OH is 1. The minimum atomic E-state index is -1.37. The van der Waals surface area contributed by atoms with Crippen LogP contribution >= 0.6 is 0 Å². The number of rotatable bonds is 78. The van der Waals surface area contributed by atoms with E-state index in [4.69, 9.17) is 57.3 Å². The average molecular weight is 2040 g/mol. The van der Waals surface area contributed by atoms with E-state index in [1.807, 2.05) is 41.5 Å². The van der Waals surface area contributed by atoms with Crippen molar-refractivity contribution < 1.29 is 91.4 Å². The molecule has 16 atom stereocenters. The van der Waals surface area contributed by atoms with Crippen molar-refractivity contribution >= 4 is 129 Å². The van der Waals surface area contributed by atoms with E-state index in [0.717, 1.165) is 19.3 Å². The number of nitrogens with zero attached hydrogens (tertiary/aromatic N) is 5. The molecule has 0 unspecified atom stereocenters. The van der Waals surface area contributed by atoms with Crippen molar-refractivity contribution in [2.75, 3.05) is 45.9 Å². The number of Topliss-reactive ketones (excluding diaryl/α,β-unsaturated/α-hetero) is 6. The Bertz CT molecular complexity index is 4140. The van der Waals surface area contributed by atoms with Crippen LogP contribution < -0.4 is 105 Å². The molecule has 0 radical (unpaired) electrons. The van der Waals surface area contributed by atoms with E-state index in [1.165, 1.54) is 76.5 Å². The van der Waals surface area contributed by atoms with Gasteiger partial charge in [0.25, 0.3) is 0 Å². The Morgan fingerprint density at radius 2 is 0.771 bits per heavy atom. The predicted molar refractivity (Wildman–Crippen MR) is 557 cm³/mol. The Balaban J connectivity index is 0.00000356. The summed E-state index contributed by atoms with van der Waals surface area (Å²) in [5.41, 5.74) is 54.3. The van der Waals surface area contributed by atoms with Gasteiger partial charge in [0.2, 0.25) is 70.9 Å². The maximum absolute atomic E-state index is 14.7. The van der Waals surface area contributed by atoms with Gasteiger partial charge in [-0.1, -0.05) is 187 Å². The molecular weight excluding hydrogens is 1850 g/mol. The highest BCUT2D eigenvalue weighted by atomic mass is 16.3. The monoisotopic (exact) mass is 2040 g/mol. The molecule has 1 rings (SSSR count). The average Bonchev–Trinajstić information content (AvgIpc) is 1.64. The maximum atomic E-state index is 14.7. The normalized spacial score (nSPS) is 15.5. The van der Waals surface area contributed by atoms with Crippen LogP contribution in [0.15, 0.2) is 20.0 Å². The molecule has 0 spiro atoms. The largest absolute Gasteiger partial charge is 0.396 e. The molecule has 43 nitrogen and oxygen atoms in total. The standard InChI is InChI=1S/C70H126N14O12.C31H58N10O7/c1-13-16-17-18-19-20-21-22-23-24-25-26-27-34-60(90)82-62(46(10)14-2)67(95)83-61(45(8)9)66(94)80-52(32-29-36-77-70(74)75)68(96)84-37-30-33-54(84)58(88)42-51(44(6)7)65(93)79-48(12)57(87)40-50(41-59(71)89)64(92)78-47(11)56(86)39-49(31-28-35-76-69(72)73)63(91)81-53(38-43(4)5)55(85)15-3;1-17(2)12-22(40-27(46)19(5)8-6-10-37-30(33)34)23(43)13-20(9-7-11-38-31(35)36)29(48)41-26(18(3)4)24(44)14-21(16-42)28(47)39-15-25(32)45/h43-54,61-62H,13-42H2,1-12H3,(H2,71,89)(H,78,92)(H,79,93)(H,80,94)(H,81,91)(H,82,90)(H,83,95)(H4,72,73,76)(H4,74,75,77);17-22,26,42H,6-16H2,1-5H3,(H2,32,45)(H,39,47)(H,40,46)(H,41,48)(H4,33,34,37)(H4,35,36,38)/t46-,47-,48-,49+,50-,51-,52-,53-,54-,61-,62-;19-,20+,21-,22-,26-/m00/s1. The molecule has 12 amide bonds. The van der Waals surface area contributed by atoms with Crippen molar-refractivity contribution in [3.8, 4) is 0 Å². The second-order valence-corrected chi connectivity index (χ2v) is 40.5. The summed E-state index contributed by atoms with van der Waals surface area (Å²) in [5, 5.41) is 34.3. The Labute approximate surface area is 854 Å². The number of carbonyl (C=O) groups is 18. The number of guanidine groups is 4. The molecule has 0 saturated carbocycles. The van der Waals surface area contributed by atoms with Gasteiger partial charge in [-0.2, -0.15) is 0 Å². The molecule has 1 aliphatic heterocycles. The molecule has 43 heteroatoms. The van der Waals surface area contributed by atoms with Crippen LogP contribution in [0.2, 0.25) is 0 Å². The van der Waals surface area contributed by atoms with Crippen LogP contribution in [0.25, 0.3) is 0 Å². The van der Waals surface area contributed by atoms with E-state index in [-0.39, 0.29) is 155 Å². The van der Waals surface area contributed by atoms with E-state index in [2.05, 4.69) is 74.7 Å². The number of aliphatic hydroxyl groups is 1. The van der Waals surface area contributed by atoms with Crippen LogP contribution in [-0.2, 0) is 86.3 Å². The van der Waals surface area contributed by atoms with Crippen LogP contribution in [0.4, 0.5) is 0 Å². The van der Waals surface area contributed by atoms with E-state index in [9.17, 15) is 91.4 Å². The zero-order valence-corrected chi connectivity index (χ0v) is 89.4. The number of nitrogens with one attached hydrogen (secondary N) is 9. The second-order valence-electron chi connectivity index (χ2n) is 40.5. The summed E-state index contributed by atoms with van der Waals surface area (Å²) in [6.07, 6.45) is 17.6. The molecule has 144 heavy (non-hydrogen) atoms. The number of likely N-dealkylation sites (tertiary alicyclic amines) is 1. The Morgan fingerprint density at radius 1 is 0.361 bits per heavy atom. The van der Waals surface area contributed by atoms with Gasteiger partial charge < -0.3 is 115 Å². The number of hydrogen-bond donors (Lipinski definition) is 20. The fourth-order valence-electron chi connectivity index (χ4n) is 16.8. The van der Waals surface area contributed by atoms with Gasteiger partial charge in [-0.25, -0.2) is 0 Å². The molecule has 0 aliphatic carbocycles. The number of hydrogen-bond acceptors (Lipinski definition) is 23. The summed E-state index contributed by atoms with van der Waals surface area (Å²) >= 11 is 0. The first-order valence-corrected chi connectivity index (χ1v) is 52.2. The Hall–Kier alpha value is -11.3. The number of carbonyl (C=O) groups excluding carboxylic acids is 18. The SMILES string of the molecule is CC(C)C[C@H](NC(=O)[C@@H](C)CCCN=C(N)N)C(=O)C[C@@H](CCCN=C(N)N)C(=O)N[C@H](C(=O)C[C@@H](CO)C(=O)NCC(N)=O)C(C)C.CCCCCCCCCCCCCCCC(=O)N[C@H](C(=O)N[C@H](C(=O)N[C@@H](CCCN=C(N)N)C(=O)N1CCC[C@H]1C(=O)C[C@H](C(=O)N[C@@H](C)C(=O)C[C@@H](CC(N)=O)C(=O)N[C@@H](C)C(=O)C[C@@H](CCCN=C(N)N)C(=O)N[C@@H](CC(C)C)C(=O)CC)C(C)C)C(C)C)[C@@H](C)CC. The third-order valence-corrected chi connectivity index (χ3v) is 25.7. The second kappa shape index (κ2) is 73.7. The van der Waals surface area contributed by atoms with E-state index < -0.39 is 222 Å². The minimum Gasteiger partial charge on any atom is -0.396 e. The minimum absolute atomic E-state index is 0.0329. The third-order valence-electron chi connectivity index (χ3n) is 25.7. The fraction of sp³-hybridized carbons (Fsp3) is 0.782. The molecule has 0 aromatic rings. The number of ketones is 6. The lowest BCUT2D eigenvalue weighted by molar-refractivity contribution is -0.142. The molecule has 0 aromatic heterocycles. The smallest absolute Gasteiger partial charge is 0.245 e. The number of amides is 12. The molecule has 0 aromatic carbocycles. The van der Waals surface area contributed by atoms with Gasteiger partial charge in [0.05, 0.1) is 61.2 Å². The van der Waals surface area contributed by atoms with Crippen molar-refractivity contribution in [3.05, 3.63) is 0 Å². The fourth-order valence-corrected chi connectivity index (χ4v) is 16.8. The summed E-state index contributed by atoms with van der Waals surface area (Å²) in [4.78, 5) is 259. The van der Waals surface area contributed by atoms with Crippen LogP contribution in [0.5, 0.6) is 0 Å². The first kappa shape index (κ1) is 133. The van der Waals surface area contributed by atoms with E-state index in [0.29, 0.717) is 64.3 Å². The lowest BCUT2D eigenvalue weighted by atomic mass is 9.87. The predicted octanol–water partition coefficient (Wildman–Crippen LogP) is 3.65. The topological polar surface area (TPSA) is 749 Å². The summed E-state index contributed by atoms with van der Waals surface area (Å²) in [5.74, 6) is -17.7. The van der Waals surface area contributed by atoms with Crippen LogP contribution in [-0.4, -0.2) is 240 Å². The zero-order chi connectivity index (χ0) is 110. The molecule has 0 bridgehead atoms. The quantitative estimate of drug-likeness (QED) is 0.0235. The lowest BCUT2D eigenvalue weighted by Gasteiger charge is -2.32. The first-order chi connectivity index (χ1) is 67.7. The van der Waals surface area contributed by atoms with Gasteiger partial charge in [-0.05, 0) is 133 Å². The van der Waals surface area contributed by atoms with Crippen LogP contribution in [0.3, 0.4) is 0 Å². The number of primary amides is 2. The highest BCUT2D eigenvalue weighted by molar-refractivity contribution is 6.01. The lowest BCUT2D eigenvalue weighted by Crippen LogP contribution is -2.59. The summed E-state index contributed by atoms with van der Waals surface area (Å²) in [6.45, 7) is 30.1. The molecular formula is C101H184N24O19. The molecule has 1 aliphatic rings. The van der Waals surface area contributed by atoms with E-state index >= 15 is 0 Å². The van der Waals surface area contributed by atoms with Gasteiger partial charge in [0.1, 0.15) is 18.1 Å². The molecule has 1 saturated heterocycles. The van der Waals surface area contributed by atoms with Crippen molar-refractivity contribution in [2.45, 2.75) is 390 Å². The van der Waals surface area contributed by atoms with Crippen molar-refractivity contribution in [1.29, 1.82) is 0 Å². The Morgan fingerprint density at radius 3 is 1.22 bits per heavy atom. The van der Waals surface area contributed by atoms with Gasteiger partial charge in [-0.3, -0.25) is 106 Å². The zero-order valence-electron chi connectivity index (χ0n) is 89.4. The first-order valence-electron chi connectivity index (χ1n) is 52.2. The summed E-state index contributed by atoms with van der Waals surface area (Å²) < 4.78 is 0. The number of nitrogens with two attached hydrogens (primary N) is 10. The van der Waals surface area contributed by atoms with Gasteiger partial charge in [0, 0.05) is 108 Å². The van der Waals surface area contributed by atoms with Crippen LogP contribution in [0.1, 0.15) is 336 Å². The van der Waals surface area contributed by atoms with Crippen LogP contribution in [0, 0.1) is 71.0 Å². The van der Waals surface area contributed by atoms with Crippen molar-refractivity contribution in [2.24, 2.45) is 148 Å². The van der Waals surface area contributed by atoms with E-state index in [1.54, 1.807) is 55.4 Å². The third kappa shape index (κ3) is 56.8. The highest BCUT2D eigenvalue weighted by Crippen LogP contribution is 2.29. The Kier molecular flexibility index (Phi) is 67.9. The molecule has 1 heterocycles.